The van der Waals surface area contributed by atoms with Gasteiger partial charge in [-0.25, -0.2) is 0 Å². The van der Waals surface area contributed by atoms with E-state index < -0.39 is 0 Å². The van der Waals surface area contributed by atoms with Crippen molar-refractivity contribution in [1.82, 2.24) is 0 Å². The maximum atomic E-state index is 2.34. The number of rotatable bonds is 4. The molecule has 10 aromatic carbocycles. The minimum atomic E-state index is 1.23. The molecule has 0 aromatic heterocycles. The lowest BCUT2D eigenvalue weighted by atomic mass is 9.85. The first-order valence-corrected chi connectivity index (χ1v) is 16.7. The highest BCUT2D eigenvalue weighted by atomic mass is 14.2. The first-order valence-electron chi connectivity index (χ1n) is 16.7. The molecule has 0 saturated heterocycles. The lowest BCUT2D eigenvalue weighted by molar-refractivity contribution is 1.63. The molecule has 0 atom stereocenters. The average molecular weight is 607 g/mol. The Balaban J connectivity index is 1.17. The van der Waals surface area contributed by atoms with Crippen molar-refractivity contribution in [3.63, 3.8) is 0 Å². The zero-order valence-corrected chi connectivity index (χ0v) is 26.3. The van der Waals surface area contributed by atoms with Crippen LogP contribution in [0.25, 0.3) is 98.4 Å². The fourth-order valence-electron chi connectivity index (χ4n) is 8.02. The van der Waals surface area contributed by atoms with Gasteiger partial charge in [-0.2, -0.15) is 0 Å². The van der Waals surface area contributed by atoms with Gasteiger partial charge in [0.25, 0.3) is 0 Å². The van der Waals surface area contributed by atoms with Gasteiger partial charge in [-0.3, -0.25) is 0 Å². The maximum Gasteiger partial charge on any atom is -0.00203 e. The summed E-state index contributed by atoms with van der Waals surface area (Å²) in [6, 6.07) is 67.0. The summed E-state index contributed by atoms with van der Waals surface area (Å²) in [5.74, 6) is 0. The van der Waals surface area contributed by atoms with Crippen molar-refractivity contribution < 1.29 is 0 Å². The molecule has 0 radical (unpaired) electrons. The lowest BCUT2D eigenvalue weighted by Gasteiger charge is -2.18. The summed E-state index contributed by atoms with van der Waals surface area (Å²) in [5.41, 5.74) is 10.1. The van der Waals surface area contributed by atoms with Crippen LogP contribution in [0.2, 0.25) is 0 Å². The van der Waals surface area contributed by atoms with Crippen molar-refractivity contribution in [3.05, 3.63) is 182 Å². The van der Waals surface area contributed by atoms with Gasteiger partial charge in [0.15, 0.2) is 0 Å². The molecule has 0 aliphatic heterocycles. The highest BCUT2D eigenvalue weighted by Gasteiger charge is 2.17. The first kappa shape index (κ1) is 26.9. The minimum absolute atomic E-state index is 1.23. The van der Waals surface area contributed by atoms with E-state index in [0.717, 1.165) is 0 Å². The average Bonchev–Trinajstić information content (AvgIpc) is 3.16. The molecule has 0 heteroatoms. The quantitative estimate of drug-likeness (QED) is 0.175. The Kier molecular flexibility index (Phi) is 5.98. The molecular weight excluding hydrogens is 577 g/mol. The SMILES string of the molecule is c1ccc(-c2cccc3cccc(-c4ccc5ccc6c(-c7ccc(-c8cccc9ccccc89)cc7)ccc7ccc4c5c76)c23)cc1. The van der Waals surface area contributed by atoms with Crippen molar-refractivity contribution in [1.29, 1.82) is 0 Å². The largest absolute Gasteiger partial charge is 0.0622 e. The van der Waals surface area contributed by atoms with Crippen LogP contribution in [-0.4, -0.2) is 0 Å². The van der Waals surface area contributed by atoms with E-state index in [9.17, 15) is 0 Å². The fraction of sp³-hybridized carbons (Fsp3) is 0. The Hall–Kier alpha value is -6.24. The van der Waals surface area contributed by atoms with E-state index in [1.54, 1.807) is 0 Å². The summed E-state index contributed by atoms with van der Waals surface area (Å²) in [6.45, 7) is 0. The predicted molar refractivity (Wildman–Crippen MR) is 207 cm³/mol. The van der Waals surface area contributed by atoms with Gasteiger partial charge in [-0.05, 0) is 98.4 Å². The molecule has 0 N–H and O–H groups in total. The molecule has 48 heavy (non-hydrogen) atoms. The third-order valence-corrected chi connectivity index (χ3v) is 10.2. The van der Waals surface area contributed by atoms with Gasteiger partial charge in [0.05, 0.1) is 0 Å². The first-order chi connectivity index (χ1) is 23.8. The molecule has 0 bridgehead atoms. The minimum Gasteiger partial charge on any atom is -0.0622 e. The van der Waals surface area contributed by atoms with Gasteiger partial charge in [0.1, 0.15) is 0 Å². The molecule has 0 nitrogen and oxygen atoms in total. The van der Waals surface area contributed by atoms with Gasteiger partial charge < -0.3 is 0 Å². The summed E-state index contributed by atoms with van der Waals surface area (Å²) in [4.78, 5) is 0. The van der Waals surface area contributed by atoms with E-state index in [2.05, 4.69) is 182 Å². The molecule has 0 saturated carbocycles. The molecule has 222 valence electrons. The molecule has 0 heterocycles. The van der Waals surface area contributed by atoms with Crippen molar-refractivity contribution in [2.24, 2.45) is 0 Å². The molecule has 0 spiro atoms. The standard InChI is InChI=1S/C48H30/c1-2-9-32(10-3-1)41-17-7-13-35-14-8-18-43(46(35)41)42-28-24-37-25-29-44-40(27-23-36-26-30-45(42)48(37)47(36)44)34-21-19-33(20-22-34)39-16-6-12-31-11-4-5-15-38(31)39/h1-30H. The van der Waals surface area contributed by atoms with Gasteiger partial charge >= 0.3 is 0 Å². The van der Waals surface area contributed by atoms with Crippen LogP contribution in [0.1, 0.15) is 0 Å². The second-order valence-corrected chi connectivity index (χ2v) is 12.8. The summed E-state index contributed by atoms with van der Waals surface area (Å²) in [7, 11) is 0. The molecule has 0 fully saturated rings. The molecule has 0 amide bonds. The molecule has 10 aromatic rings. The highest BCUT2D eigenvalue weighted by Crippen LogP contribution is 2.45. The number of fused-ring (bicyclic) bond motifs is 2. The smallest absolute Gasteiger partial charge is 0.00203 e. The third-order valence-electron chi connectivity index (χ3n) is 10.2. The normalized spacial score (nSPS) is 11.8. The maximum absolute atomic E-state index is 2.34. The second kappa shape index (κ2) is 10.7. The van der Waals surface area contributed by atoms with E-state index in [1.165, 1.54) is 98.4 Å². The Labute approximate surface area is 279 Å². The fourth-order valence-corrected chi connectivity index (χ4v) is 8.02. The van der Waals surface area contributed by atoms with Gasteiger partial charge in [0.2, 0.25) is 0 Å². The van der Waals surface area contributed by atoms with Crippen LogP contribution in [0.3, 0.4) is 0 Å². The van der Waals surface area contributed by atoms with Crippen LogP contribution in [0.5, 0.6) is 0 Å². The Morgan fingerprint density at radius 2 is 0.646 bits per heavy atom. The number of benzene rings is 10. The van der Waals surface area contributed by atoms with E-state index in [1.807, 2.05) is 0 Å². The lowest BCUT2D eigenvalue weighted by Crippen LogP contribution is -1.91. The Morgan fingerprint density at radius 3 is 1.35 bits per heavy atom. The topological polar surface area (TPSA) is 0 Å². The molecule has 0 unspecified atom stereocenters. The zero-order valence-electron chi connectivity index (χ0n) is 26.3. The van der Waals surface area contributed by atoms with Crippen molar-refractivity contribution in [2.75, 3.05) is 0 Å². The molecule has 10 rings (SSSR count). The number of hydrogen-bond donors (Lipinski definition) is 0. The van der Waals surface area contributed by atoms with Crippen LogP contribution in [0, 0.1) is 0 Å². The van der Waals surface area contributed by atoms with Crippen molar-refractivity contribution in [2.45, 2.75) is 0 Å². The third kappa shape index (κ3) is 4.10. The van der Waals surface area contributed by atoms with Crippen LogP contribution < -0.4 is 0 Å². The second-order valence-electron chi connectivity index (χ2n) is 12.8. The molecular formula is C48H30. The van der Waals surface area contributed by atoms with Gasteiger partial charge in [-0.1, -0.05) is 182 Å². The van der Waals surface area contributed by atoms with Crippen molar-refractivity contribution in [3.8, 4) is 44.5 Å². The van der Waals surface area contributed by atoms with Gasteiger partial charge in [-0.15, -0.1) is 0 Å². The van der Waals surface area contributed by atoms with E-state index in [0.29, 0.717) is 0 Å². The van der Waals surface area contributed by atoms with E-state index >= 15 is 0 Å². The van der Waals surface area contributed by atoms with Crippen LogP contribution in [0.15, 0.2) is 182 Å². The van der Waals surface area contributed by atoms with E-state index in [4.69, 9.17) is 0 Å². The van der Waals surface area contributed by atoms with Crippen LogP contribution in [-0.2, 0) is 0 Å². The highest BCUT2D eigenvalue weighted by molar-refractivity contribution is 6.28. The number of hydrogen-bond acceptors (Lipinski definition) is 0. The predicted octanol–water partition coefficient (Wildman–Crippen LogP) is 13.6. The monoisotopic (exact) mass is 606 g/mol. The summed E-state index contributed by atoms with van der Waals surface area (Å²) >= 11 is 0. The van der Waals surface area contributed by atoms with E-state index in [-0.39, 0.29) is 0 Å². The van der Waals surface area contributed by atoms with Gasteiger partial charge in [0, 0.05) is 0 Å². The zero-order chi connectivity index (χ0) is 31.6. The Morgan fingerprint density at radius 1 is 0.188 bits per heavy atom. The van der Waals surface area contributed by atoms with Crippen LogP contribution >= 0.6 is 0 Å². The summed E-state index contributed by atoms with van der Waals surface area (Å²) < 4.78 is 0. The van der Waals surface area contributed by atoms with Crippen LogP contribution in [0.4, 0.5) is 0 Å². The summed E-state index contributed by atoms with van der Waals surface area (Å²) in [5, 5.41) is 12.9. The van der Waals surface area contributed by atoms with Crippen molar-refractivity contribution >= 4 is 53.9 Å². The Bertz CT molecular complexity index is 2790. The molecule has 0 aliphatic carbocycles. The molecule has 0 aliphatic rings. The summed E-state index contributed by atoms with van der Waals surface area (Å²) in [6.07, 6.45) is 0.